The molecule has 2 aromatic rings. The summed E-state index contributed by atoms with van der Waals surface area (Å²) in [6.07, 6.45) is 7.85. The summed E-state index contributed by atoms with van der Waals surface area (Å²) in [6, 6.07) is 8.16. The van der Waals surface area contributed by atoms with Gasteiger partial charge in [0, 0.05) is 5.92 Å². The van der Waals surface area contributed by atoms with Crippen molar-refractivity contribution in [2.24, 2.45) is 16.6 Å². The molecule has 1 aliphatic carbocycles. The van der Waals surface area contributed by atoms with E-state index in [1.165, 1.54) is 0 Å². The standard InChI is InChI=1S/C15H17N5/c16-14-18-13(10-6-2-1-3-7-10)20-12-9-5-4-8-11(12)17-15(20)19-14/h1-2,4-5,8-10,13H,3,6-7H2,(H3,16,17,18,19)/t10-,13-/m1/s1. The van der Waals surface area contributed by atoms with Crippen LogP contribution >= 0.6 is 0 Å². The van der Waals surface area contributed by atoms with Gasteiger partial charge in [-0.05, 0) is 31.4 Å². The number of rotatable bonds is 1. The van der Waals surface area contributed by atoms with Crippen LogP contribution in [0, 0.1) is 5.92 Å². The Morgan fingerprint density at radius 3 is 3.00 bits per heavy atom. The lowest BCUT2D eigenvalue weighted by Gasteiger charge is -2.30. The van der Waals surface area contributed by atoms with Crippen LogP contribution in [0.5, 0.6) is 0 Å². The molecule has 4 rings (SSSR count). The first kappa shape index (κ1) is 11.5. The van der Waals surface area contributed by atoms with Gasteiger partial charge in [-0.25, -0.2) is 9.98 Å². The molecule has 0 saturated heterocycles. The molecule has 102 valence electrons. The van der Waals surface area contributed by atoms with Gasteiger partial charge in [-0.15, -0.1) is 0 Å². The fourth-order valence-corrected chi connectivity index (χ4v) is 3.15. The van der Waals surface area contributed by atoms with Crippen LogP contribution in [0.1, 0.15) is 25.4 Å². The number of nitrogens with one attached hydrogen (secondary N) is 1. The van der Waals surface area contributed by atoms with Crippen LogP contribution in [0.2, 0.25) is 0 Å². The summed E-state index contributed by atoms with van der Waals surface area (Å²) in [5.74, 6) is 1.75. The van der Waals surface area contributed by atoms with E-state index in [-0.39, 0.29) is 6.17 Å². The van der Waals surface area contributed by atoms with Crippen molar-refractivity contribution in [1.82, 2.24) is 9.55 Å². The van der Waals surface area contributed by atoms with Crippen molar-refractivity contribution in [3.8, 4) is 0 Å². The number of benzene rings is 1. The van der Waals surface area contributed by atoms with Gasteiger partial charge in [0.15, 0.2) is 5.96 Å². The zero-order chi connectivity index (χ0) is 13.5. The van der Waals surface area contributed by atoms with E-state index in [9.17, 15) is 0 Å². The number of hydrogen-bond acceptors (Lipinski definition) is 4. The molecule has 1 aliphatic heterocycles. The quantitative estimate of drug-likeness (QED) is 0.780. The van der Waals surface area contributed by atoms with E-state index in [1.807, 2.05) is 18.2 Å². The maximum Gasteiger partial charge on any atom is 0.212 e. The second-order valence-corrected chi connectivity index (χ2v) is 5.39. The second-order valence-electron chi connectivity index (χ2n) is 5.39. The van der Waals surface area contributed by atoms with E-state index >= 15 is 0 Å². The number of nitrogens with two attached hydrogens (primary N) is 1. The Bertz CT molecular complexity index is 712. The summed E-state index contributed by atoms with van der Waals surface area (Å²) in [7, 11) is 0. The van der Waals surface area contributed by atoms with Crippen LogP contribution < -0.4 is 11.1 Å². The fourth-order valence-electron chi connectivity index (χ4n) is 3.15. The number of nitrogens with zero attached hydrogens (tertiary/aromatic N) is 3. The van der Waals surface area contributed by atoms with Crippen molar-refractivity contribution in [1.29, 1.82) is 0 Å². The molecule has 1 aromatic heterocycles. The minimum absolute atomic E-state index is 0.0450. The summed E-state index contributed by atoms with van der Waals surface area (Å²) < 4.78 is 2.19. The van der Waals surface area contributed by atoms with Crippen molar-refractivity contribution in [3.63, 3.8) is 0 Å². The fraction of sp³-hybridized carbons (Fsp3) is 0.333. The molecule has 0 unspecified atom stereocenters. The van der Waals surface area contributed by atoms with Gasteiger partial charge in [0.25, 0.3) is 0 Å². The van der Waals surface area contributed by atoms with Gasteiger partial charge in [-0.1, -0.05) is 24.3 Å². The third-order valence-electron chi connectivity index (χ3n) is 4.10. The van der Waals surface area contributed by atoms with E-state index in [0.717, 1.165) is 36.2 Å². The van der Waals surface area contributed by atoms with E-state index < -0.39 is 0 Å². The maximum absolute atomic E-state index is 5.94. The van der Waals surface area contributed by atoms with Gasteiger partial charge in [0.1, 0.15) is 6.17 Å². The van der Waals surface area contributed by atoms with Gasteiger partial charge in [0.05, 0.1) is 11.0 Å². The minimum atomic E-state index is 0.0450. The molecule has 5 heteroatoms. The number of para-hydroxylation sites is 2. The first-order chi connectivity index (χ1) is 9.83. The molecule has 5 nitrogen and oxygen atoms in total. The molecule has 0 bridgehead atoms. The number of fused-ring (bicyclic) bond motifs is 3. The molecule has 0 radical (unpaired) electrons. The summed E-state index contributed by atoms with van der Waals surface area (Å²) in [5, 5.41) is 3.08. The number of allylic oxidation sites excluding steroid dienone is 2. The van der Waals surface area contributed by atoms with Crippen LogP contribution in [-0.4, -0.2) is 15.5 Å². The maximum atomic E-state index is 5.94. The lowest BCUT2D eigenvalue weighted by molar-refractivity contribution is 0.321. The van der Waals surface area contributed by atoms with Crippen LogP contribution in [0.4, 0.5) is 5.95 Å². The molecule has 0 saturated carbocycles. The largest absolute Gasteiger partial charge is 0.370 e. The topological polar surface area (TPSA) is 68.2 Å². The van der Waals surface area contributed by atoms with Gasteiger partial charge in [-0.2, -0.15) is 0 Å². The van der Waals surface area contributed by atoms with Crippen molar-refractivity contribution in [2.45, 2.75) is 25.4 Å². The molecule has 2 atom stereocenters. The summed E-state index contributed by atoms with van der Waals surface area (Å²) in [4.78, 5) is 9.26. The Kier molecular flexibility index (Phi) is 2.52. The number of imidazole rings is 1. The summed E-state index contributed by atoms with van der Waals surface area (Å²) in [5.41, 5.74) is 8.04. The number of aliphatic imine (C=N–C) groups is 1. The highest BCUT2D eigenvalue weighted by Gasteiger charge is 2.30. The predicted molar refractivity (Wildman–Crippen MR) is 80.5 cm³/mol. The van der Waals surface area contributed by atoms with Crippen molar-refractivity contribution >= 4 is 22.9 Å². The third kappa shape index (κ3) is 1.70. The number of aromatic nitrogens is 2. The molecule has 3 N–H and O–H groups in total. The SMILES string of the molecule is NC1=N[C@@H]([C@@H]2CC=CCC2)n2c(nc3ccccc32)N1. The molecule has 2 aliphatic rings. The molecule has 0 amide bonds. The van der Waals surface area contributed by atoms with Crippen LogP contribution in [0.25, 0.3) is 11.0 Å². The highest BCUT2D eigenvalue weighted by atomic mass is 15.4. The molecular formula is C15H17N5. The lowest BCUT2D eigenvalue weighted by Crippen LogP contribution is -2.34. The molecule has 0 spiro atoms. The van der Waals surface area contributed by atoms with Crippen LogP contribution in [0.3, 0.4) is 0 Å². The van der Waals surface area contributed by atoms with Crippen molar-refractivity contribution in [3.05, 3.63) is 36.4 Å². The second kappa shape index (κ2) is 4.37. The predicted octanol–water partition coefficient (Wildman–Crippen LogP) is 2.63. The summed E-state index contributed by atoms with van der Waals surface area (Å²) in [6.45, 7) is 0. The average molecular weight is 267 g/mol. The molecular weight excluding hydrogens is 250 g/mol. The van der Waals surface area contributed by atoms with Gasteiger partial charge >= 0.3 is 0 Å². The lowest BCUT2D eigenvalue weighted by atomic mass is 9.91. The summed E-state index contributed by atoms with van der Waals surface area (Å²) >= 11 is 0. The Hall–Kier alpha value is -2.30. The molecule has 1 aromatic carbocycles. The number of anilines is 1. The van der Waals surface area contributed by atoms with E-state index in [4.69, 9.17) is 5.73 Å². The Balaban J connectivity index is 1.86. The first-order valence-electron chi connectivity index (χ1n) is 7.05. The molecule has 0 fully saturated rings. The number of guanidine groups is 1. The first-order valence-corrected chi connectivity index (χ1v) is 7.05. The zero-order valence-electron chi connectivity index (χ0n) is 11.2. The van der Waals surface area contributed by atoms with Gasteiger partial charge in [-0.3, -0.25) is 9.88 Å². The Labute approximate surface area is 117 Å². The average Bonchev–Trinajstić information content (AvgIpc) is 2.85. The highest BCUT2D eigenvalue weighted by molar-refractivity contribution is 5.94. The van der Waals surface area contributed by atoms with E-state index in [1.54, 1.807) is 0 Å². The number of hydrogen-bond donors (Lipinski definition) is 2. The van der Waals surface area contributed by atoms with Crippen LogP contribution in [-0.2, 0) is 0 Å². The Morgan fingerprint density at radius 1 is 1.25 bits per heavy atom. The van der Waals surface area contributed by atoms with Gasteiger partial charge < -0.3 is 5.73 Å². The van der Waals surface area contributed by atoms with E-state index in [0.29, 0.717) is 11.9 Å². The normalized spacial score (nSPS) is 25.1. The zero-order valence-corrected chi connectivity index (χ0v) is 11.2. The molecule has 2 heterocycles. The highest BCUT2D eigenvalue weighted by Crippen LogP contribution is 2.37. The van der Waals surface area contributed by atoms with Gasteiger partial charge in [0.2, 0.25) is 5.95 Å². The van der Waals surface area contributed by atoms with Crippen molar-refractivity contribution in [2.75, 3.05) is 5.32 Å². The minimum Gasteiger partial charge on any atom is -0.370 e. The van der Waals surface area contributed by atoms with Crippen LogP contribution in [0.15, 0.2) is 41.4 Å². The van der Waals surface area contributed by atoms with E-state index in [2.05, 4.69) is 38.1 Å². The molecule has 20 heavy (non-hydrogen) atoms. The Morgan fingerprint density at radius 2 is 2.15 bits per heavy atom. The third-order valence-corrected chi connectivity index (χ3v) is 4.10. The smallest absolute Gasteiger partial charge is 0.212 e. The monoisotopic (exact) mass is 267 g/mol. The van der Waals surface area contributed by atoms with Crippen molar-refractivity contribution < 1.29 is 0 Å².